The molecule has 6 nitrogen and oxygen atoms in total. The van der Waals surface area contributed by atoms with E-state index in [4.69, 9.17) is 33.3 Å². The van der Waals surface area contributed by atoms with Crippen molar-refractivity contribution in [3.05, 3.63) is 93.7 Å². The smallest absolute Gasteiger partial charge is 0.214 e. The summed E-state index contributed by atoms with van der Waals surface area (Å²) in [6.07, 6.45) is 0. The van der Waals surface area contributed by atoms with E-state index in [0.29, 0.717) is 28.8 Å². The summed E-state index contributed by atoms with van der Waals surface area (Å²) >= 11 is 11.4. The average molecular weight is 453 g/mol. The Morgan fingerprint density at radius 3 is 2.61 bits per heavy atom. The SMILES string of the molecule is COc1ccccc1-c1n[nH]c(=S)n1NCc1ccc(OCc2cccc(Cl)c2)cc1. The number of methoxy groups -OCH3 is 1. The predicted octanol–water partition coefficient (Wildman–Crippen LogP) is 5.59. The number of aromatic amines is 1. The number of nitrogens with zero attached hydrogens (tertiary/aromatic N) is 2. The summed E-state index contributed by atoms with van der Waals surface area (Å²) in [5, 5.41) is 7.89. The van der Waals surface area contributed by atoms with Crippen molar-refractivity contribution in [1.82, 2.24) is 14.9 Å². The standard InChI is InChI=1S/C23H21ClN4O2S/c1-29-21-8-3-2-7-20(21)22-26-27-23(31)28(22)25-14-16-9-11-19(12-10-16)30-15-17-5-4-6-18(24)13-17/h2-13,25H,14-15H2,1H3,(H,27,31). The van der Waals surface area contributed by atoms with Gasteiger partial charge in [0.2, 0.25) is 4.77 Å². The fourth-order valence-electron chi connectivity index (χ4n) is 3.12. The minimum Gasteiger partial charge on any atom is -0.496 e. The average Bonchev–Trinajstić information content (AvgIpc) is 3.17. The first-order valence-corrected chi connectivity index (χ1v) is 10.4. The van der Waals surface area contributed by atoms with E-state index >= 15 is 0 Å². The highest BCUT2D eigenvalue weighted by Crippen LogP contribution is 2.27. The van der Waals surface area contributed by atoms with Gasteiger partial charge in [-0.05, 0) is 59.7 Å². The van der Waals surface area contributed by atoms with Gasteiger partial charge in [0.05, 0.1) is 19.2 Å². The van der Waals surface area contributed by atoms with Gasteiger partial charge in [0.25, 0.3) is 0 Å². The minimum atomic E-state index is 0.463. The first-order valence-electron chi connectivity index (χ1n) is 9.65. The number of rotatable bonds is 8. The Morgan fingerprint density at radius 1 is 1.03 bits per heavy atom. The number of halogens is 1. The number of ether oxygens (including phenoxy) is 2. The van der Waals surface area contributed by atoms with Gasteiger partial charge in [0, 0.05) is 5.02 Å². The van der Waals surface area contributed by atoms with Crippen LogP contribution >= 0.6 is 23.8 Å². The molecule has 0 aliphatic rings. The van der Waals surface area contributed by atoms with E-state index in [1.807, 2.05) is 72.8 Å². The molecule has 0 spiro atoms. The van der Waals surface area contributed by atoms with Crippen LogP contribution in [0.5, 0.6) is 11.5 Å². The van der Waals surface area contributed by atoms with Crippen molar-refractivity contribution in [3.8, 4) is 22.9 Å². The number of hydrogen-bond acceptors (Lipinski definition) is 5. The minimum absolute atomic E-state index is 0.463. The number of H-pyrrole nitrogens is 1. The fraction of sp³-hybridized carbons (Fsp3) is 0.130. The third-order valence-electron chi connectivity index (χ3n) is 4.68. The third kappa shape index (κ3) is 5.07. The monoisotopic (exact) mass is 452 g/mol. The van der Waals surface area contributed by atoms with Gasteiger partial charge < -0.3 is 14.9 Å². The fourth-order valence-corrected chi connectivity index (χ4v) is 3.53. The summed E-state index contributed by atoms with van der Waals surface area (Å²) in [4.78, 5) is 0. The first-order chi connectivity index (χ1) is 15.1. The predicted molar refractivity (Wildman–Crippen MR) is 125 cm³/mol. The second kappa shape index (κ2) is 9.68. The maximum atomic E-state index is 6.02. The lowest BCUT2D eigenvalue weighted by Crippen LogP contribution is -2.16. The summed E-state index contributed by atoms with van der Waals surface area (Å²) < 4.78 is 13.5. The summed E-state index contributed by atoms with van der Waals surface area (Å²) in [6.45, 7) is 1.02. The van der Waals surface area contributed by atoms with E-state index in [2.05, 4.69) is 15.6 Å². The van der Waals surface area contributed by atoms with Gasteiger partial charge in [-0.25, -0.2) is 9.77 Å². The van der Waals surface area contributed by atoms with Crippen molar-refractivity contribution < 1.29 is 9.47 Å². The Kier molecular flexibility index (Phi) is 6.54. The molecule has 0 saturated heterocycles. The third-order valence-corrected chi connectivity index (χ3v) is 5.19. The van der Waals surface area contributed by atoms with Crippen LogP contribution in [-0.4, -0.2) is 22.0 Å². The highest BCUT2D eigenvalue weighted by atomic mass is 35.5. The summed E-state index contributed by atoms with van der Waals surface area (Å²) in [5.41, 5.74) is 6.26. The molecular formula is C23H21ClN4O2S. The Hall–Kier alpha value is -3.29. The molecule has 1 heterocycles. The van der Waals surface area contributed by atoms with Crippen molar-refractivity contribution >= 4 is 23.8 Å². The number of nitrogens with one attached hydrogen (secondary N) is 2. The van der Waals surface area contributed by atoms with Gasteiger partial charge in [0.1, 0.15) is 18.1 Å². The van der Waals surface area contributed by atoms with E-state index in [1.54, 1.807) is 11.8 Å². The number of hydrogen-bond donors (Lipinski definition) is 2. The normalized spacial score (nSPS) is 10.6. The van der Waals surface area contributed by atoms with E-state index in [-0.39, 0.29) is 0 Å². The molecule has 1 aromatic heterocycles. The molecule has 0 unspecified atom stereocenters. The van der Waals surface area contributed by atoms with Crippen LogP contribution < -0.4 is 14.9 Å². The van der Waals surface area contributed by atoms with E-state index in [0.717, 1.165) is 28.2 Å². The molecule has 0 fully saturated rings. The molecule has 0 aliphatic carbocycles. The number of para-hydroxylation sites is 1. The Bertz CT molecular complexity index is 1220. The second-order valence-corrected chi connectivity index (χ2v) is 7.61. The van der Waals surface area contributed by atoms with Crippen molar-refractivity contribution in [2.24, 2.45) is 0 Å². The maximum absolute atomic E-state index is 6.02. The quantitative estimate of drug-likeness (QED) is 0.341. The molecular weight excluding hydrogens is 432 g/mol. The van der Waals surface area contributed by atoms with Gasteiger partial charge in [-0.15, -0.1) is 0 Å². The van der Waals surface area contributed by atoms with E-state index in [9.17, 15) is 0 Å². The van der Waals surface area contributed by atoms with E-state index in [1.165, 1.54) is 0 Å². The molecule has 0 radical (unpaired) electrons. The molecule has 0 amide bonds. The summed E-state index contributed by atoms with van der Waals surface area (Å²) in [7, 11) is 1.63. The number of aromatic nitrogens is 3. The molecule has 2 N–H and O–H groups in total. The highest BCUT2D eigenvalue weighted by molar-refractivity contribution is 7.71. The maximum Gasteiger partial charge on any atom is 0.214 e. The summed E-state index contributed by atoms with van der Waals surface area (Å²) in [5.74, 6) is 2.17. The van der Waals surface area contributed by atoms with Crippen molar-refractivity contribution in [2.75, 3.05) is 12.5 Å². The molecule has 0 saturated carbocycles. The largest absolute Gasteiger partial charge is 0.496 e. The van der Waals surface area contributed by atoms with Crippen LogP contribution in [0.25, 0.3) is 11.4 Å². The van der Waals surface area contributed by atoms with Gasteiger partial charge >= 0.3 is 0 Å². The van der Waals surface area contributed by atoms with Gasteiger partial charge in [-0.1, -0.05) is 48.0 Å². The Labute approximate surface area is 190 Å². The zero-order chi connectivity index (χ0) is 21.6. The lowest BCUT2D eigenvalue weighted by atomic mass is 10.2. The lowest BCUT2D eigenvalue weighted by Gasteiger charge is -2.13. The molecule has 0 atom stereocenters. The molecule has 158 valence electrons. The van der Waals surface area contributed by atoms with Gasteiger partial charge in [-0.2, -0.15) is 5.10 Å². The topological polar surface area (TPSA) is 64.1 Å². The molecule has 8 heteroatoms. The second-order valence-electron chi connectivity index (χ2n) is 6.79. The zero-order valence-corrected chi connectivity index (χ0v) is 18.4. The molecule has 4 aromatic rings. The van der Waals surface area contributed by atoms with Gasteiger partial charge in [0.15, 0.2) is 5.82 Å². The van der Waals surface area contributed by atoms with Crippen LogP contribution in [0.4, 0.5) is 0 Å². The highest BCUT2D eigenvalue weighted by Gasteiger charge is 2.13. The van der Waals surface area contributed by atoms with Crippen LogP contribution in [0.15, 0.2) is 72.8 Å². The van der Waals surface area contributed by atoms with Crippen LogP contribution in [0, 0.1) is 4.77 Å². The van der Waals surface area contributed by atoms with Crippen molar-refractivity contribution in [2.45, 2.75) is 13.2 Å². The Morgan fingerprint density at radius 2 is 1.84 bits per heavy atom. The van der Waals surface area contributed by atoms with Crippen LogP contribution in [0.3, 0.4) is 0 Å². The number of benzene rings is 3. The lowest BCUT2D eigenvalue weighted by molar-refractivity contribution is 0.306. The zero-order valence-electron chi connectivity index (χ0n) is 16.8. The van der Waals surface area contributed by atoms with Crippen molar-refractivity contribution in [1.29, 1.82) is 0 Å². The van der Waals surface area contributed by atoms with Crippen LogP contribution in [0.2, 0.25) is 5.02 Å². The molecule has 0 bridgehead atoms. The Balaban J connectivity index is 1.42. The summed E-state index contributed by atoms with van der Waals surface area (Å²) in [6, 6.07) is 23.2. The van der Waals surface area contributed by atoms with Gasteiger partial charge in [-0.3, -0.25) is 0 Å². The molecule has 31 heavy (non-hydrogen) atoms. The first kappa shape index (κ1) is 21.0. The molecule has 0 aliphatic heterocycles. The van der Waals surface area contributed by atoms with Crippen LogP contribution in [-0.2, 0) is 13.2 Å². The molecule has 4 rings (SSSR count). The van der Waals surface area contributed by atoms with Crippen LogP contribution in [0.1, 0.15) is 11.1 Å². The van der Waals surface area contributed by atoms with Crippen molar-refractivity contribution in [3.63, 3.8) is 0 Å². The van der Waals surface area contributed by atoms with E-state index < -0.39 is 0 Å². The molecule has 3 aromatic carbocycles.